The molecule has 1 saturated heterocycles. The number of anilines is 1. The first-order chi connectivity index (χ1) is 17.0. The van der Waals surface area contributed by atoms with Gasteiger partial charge in [-0.1, -0.05) is 12.1 Å². The lowest BCUT2D eigenvalue weighted by atomic mass is 10.2. The molecule has 0 aliphatic carbocycles. The third kappa shape index (κ3) is 6.77. The number of benzene rings is 1. The number of ether oxygens (including phenoxy) is 1. The Morgan fingerprint density at radius 3 is 2.33 bits per heavy atom. The van der Waals surface area contributed by atoms with Gasteiger partial charge in [-0.25, -0.2) is 4.79 Å². The average molecular weight is 524 g/mol. The summed E-state index contributed by atoms with van der Waals surface area (Å²) in [5, 5.41) is 3.19. The average Bonchev–Trinajstić information content (AvgIpc) is 3.17. The summed E-state index contributed by atoms with van der Waals surface area (Å²) in [4.78, 5) is 51.9. The van der Waals surface area contributed by atoms with Gasteiger partial charge in [0.2, 0.25) is 5.91 Å². The summed E-state index contributed by atoms with van der Waals surface area (Å²) >= 11 is 1.14. The molecular weight excluding hydrogens is 502 g/mol. The first-order valence-electron chi connectivity index (χ1n) is 10.6. The minimum absolute atomic E-state index is 0. The van der Waals surface area contributed by atoms with Gasteiger partial charge in [-0.05, 0) is 59.3 Å². The van der Waals surface area contributed by atoms with Crippen LogP contribution in [0, 0.1) is 0 Å². The Bertz CT molecular complexity index is 1280. The molecule has 9 nitrogen and oxygen atoms in total. The monoisotopic (exact) mass is 523 g/mol. The largest absolute Gasteiger partial charge is 0.465 e. The molecule has 11 heteroatoms. The number of rotatable bonds is 7. The smallest absolute Gasteiger partial charge is 0.337 e. The fourth-order valence-corrected chi connectivity index (χ4v) is 4.14. The highest BCUT2D eigenvalue weighted by atomic mass is 35.5. The predicted molar refractivity (Wildman–Crippen MR) is 139 cm³/mol. The Kier molecular flexibility index (Phi) is 9.32. The molecule has 2 amide bonds. The first-order valence-corrected chi connectivity index (χ1v) is 11.4. The SMILES string of the molecule is COC(=O)c1ccc(NC(=O)C=C2SC(=NCc3cccnc3)N(Cc3cccnc3)C2=O)cc1.Cl. The van der Waals surface area contributed by atoms with E-state index in [1.54, 1.807) is 55.1 Å². The van der Waals surface area contributed by atoms with Crippen LogP contribution in [0.4, 0.5) is 5.69 Å². The van der Waals surface area contributed by atoms with Crippen molar-refractivity contribution in [1.82, 2.24) is 14.9 Å². The summed E-state index contributed by atoms with van der Waals surface area (Å²) in [5.74, 6) is -1.26. The molecule has 2 aromatic heterocycles. The van der Waals surface area contributed by atoms with Crippen molar-refractivity contribution in [1.29, 1.82) is 0 Å². The normalized spacial score (nSPS) is 15.0. The lowest BCUT2D eigenvalue weighted by molar-refractivity contribution is -0.123. The quantitative estimate of drug-likeness (QED) is 0.369. The van der Waals surface area contributed by atoms with E-state index in [1.165, 1.54) is 18.1 Å². The number of pyridine rings is 2. The number of carbonyl (C=O) groups is 3. The molecule has 1 fully saturated rings. The van der Waals surface area contributed by atoms with E-state index in [0.717, 1.165) is 22.9 Å². The minimum atomic E-state index is -0.471. The topological polar surface area (TPSA) is 114 Å². The molecule has 1 aromatic carbocycles. The van der Waals surface area contributed by atoms with Crippen molar-refractivity contribution in [2.24, 2.45) is 4.99 Å². The Balaban J connectivity index is 0.00000361. The van der Waals surface area contributed by atoms with Gasteiger partial charge in [-0.2, -0.15) is 0 Å². The van der Waals surface area contributed by atoms with Crippen LogP contribution >= 0.6 is 24.2 Å². The number of amides is 2. The number of halogens is 1. The molecule has 0 radical (unpaired) electrons. The zero-order chi connectivity index (χ0) is 24.6. The van der Waals surface area contributed by atoms with Crippen LogP contribution in [0.3, 0.4) is 0 Å². The maximum absolute atomic E-state index is 13.2. The molecule has 0 spiro atoms. The van der Waals surface area contributed by atoms with E-state index < -0.39 is 11.9 Å². The number of methoxy groups -OCH3 is 1. The van der Waals surface area contributed by atoms with Crippen molar-refractivity contribution in [2.75, 3.05) is 12.4 Å². The van der Waals surface area contributed by atoms with Crippen LogP contribution in [-0.4, -0.2) is 44.9 Å². The number of esters is 1. The number of aromatic nitrogens is 2. The summed E-state index contributed by atoms with van der Waals surface area (Å²) in [5.41, 5.74) is 2.59. The zero-order valence-corrected chi connectivity index (χ0v) is 20.8. The molecule has 0 unspecified atom stereocenters. The summed E-state index contributed by atoms with van der Waals surface area (Å²) < 4.78 is 4.67. The molecule has 3 aromatic rings. The van der Waals surface area contributed by atoms with Gasteiger partial charge in [0, 0.05) is 36.6 Å². The Labute approximate surface area is 218 Å². The van der Waals surface area contributed by atoms with Gasteiger partial charge in [-0.3, -0.25) is 29.4 Å². The van der Waals surface area contributed by atoms with Crippen molar-refractivity contribution in [3.05, 3.63) is 101 Å². The number of carbonyl (C=O) groups excluding carboxylic acids is 3. The van der Waals surface area contributed by atoms with Gasteiger partial charge in [0.05, 0.1) is 30.7 Å². The van der Waals surface area contributed by atoms with E-state index in [1.807, 2.05) is 18.2 Å². The van der Waals surface area contributed by atoms with Crippen molar-refractivity contribution in [2.45, 2.75) is 13.1 Å². The van der Waals surface area contributed by atoms with E-state index in [2.05, 4.69) is 25.0 Å². The van der Waals surface area contributed by atoms with Gasteiger partial charge >= 0.3 is 5.97 Å². The van der Waals surface area contributed by atoms with Gasteiger partial charge in [0.1, 0.15) is 0 Å². The highest BCUT2D eigenvalue weighted by Crippen LogP contribution is 2.32. The highest BCUT2D eigenvalue weighted by Gasteiger charge is 2.34. The molecule has 0 atom stereocenters. The van der Waals surface area contributed by atoms with Gasteiger partial charge in [0.25, 0.3) is 5.91 Å². The third-order valence-corrected chi connectivity index (χ3v) is 5.95. The molecule has 0 bridgehead atoms. The fraction of sp³-hybridized carbons (Fsp3) is 0.120. The fourth-order valence-electron chi connectivity index (χ4n) is 3.19. The van der Waals surface area contributed by atoms with Crippen LogP contribution in [0.15, 0.2) is 89.3 Å². The molecule has 1 aliphatic heterocycles. The van der Waals surface area contributed by atoms with Crippen LogP contribution in [0.1, 0.15) is 21.5 Å². The number of nitrogens with zero attached hydrogens (tertiary/aromatic N) is 4. The van der Waals surface area contributed by atoms with E-state index in [0.29, 0.717) is 23.0 Å². The first kappa shape index (κ1) is 26.6. The molecule has 3 heterocycles. The molecule has 1 N–H and O–H groups in total. The van der Waals surface area contributed by atoms with Gasteiger partial charge < -0.3 is 10.1 Å². The van der Waals surface area contributed by atoms with Gasteiger partial charge in [-0.15, -0.1) is 12.4 Å². The summed E-state index contributed by atoms with van der Waals surface area (Å²) in [6, 6.07) is 13.7. The molecule has 4 rings (SSSR count). The molecule has 184 valence electrons. The van der Waals surface area contributed by atoms with E-state index in [9.17, 15) is 14.4 Å². The second kappa shape index (κ2) is 12.6. The van der Waals surface area contributed by atoms with E-state index in [4.69, 9.17) is 0 Å². The van der Waals surface area contributed by atoms with Crippen molar-refractivity contribution in [3.8, 4) is 0 Å². The molecule has 36 heavy (non-hydrogen) atoms. The number of hydrogen-bond donors (Lipinski definition) is 1. The van der Waals surface area contributed by atoms with Crippen LogP contribution < -0.4 is 5.32 Å². The Morgan fingerprint density at radius 2 is 1.72 bits per heavy atom. The van der Waals surface area contributed by atoms with E-state index in [-0.39, 0.29) is 29.8 Å². The van der Waals surface area contributed by atoms with Crippen molar-refractivity contribution in [3.63, 3.8) is 0 Å². The standard InChI is InChI=1S/C25H21N5O4S.ClH/c1-34-24(33)19-6-8-20(9-7-19)29-22(31)12-21-23(32)30(16-18-5-3-11-27-14-18)25(35-21)28-15-17-4-2-10-26-13-17;/h2-14H,15-16H2,1H3,(H,29,31);1H. The van der Waals surface area contributed by atoms with Crippen molar-refractivity contribution < 1.29 is 19.1 Å². The molecular formula is C25H22ClN5O4S. The molecule has 0 saturated carbocycles. The number of amidine groups is 1. The number of nitrogens with one attached hydrogen (secondary N) is 1. The maximum Gasteiger partial charge on any atom is 0.337 e. The number of hydrogen-bond acceptors (Lipinski definition) is 8. The van der Waals surface area contributed by atoms with Crippen molar-refractivity contribution >= 4 is 52.8 Å². The van der Waals surface area contributed by atoms with E-state index >= 15 is 0 Å². The van der Waals surface area contributed by atoms with Crippen LogP contribution in [0.5, 0.6) is 0 Å². The summed E-state index contributed by atoms with van der Waals surface area (Å²) in [6.45, 7) is 0.624. The lowest BCUT2D eigenvalue weighted by Gasteiger charge is -2.15. The van der Waals surface area contributed by atoms with Crippen LogP contribution in [0.25, 0.3) is 0 Å². The second-order valence-corrected chi connectivity index (χ2v) is 8.39. The Hall–Kier alpha value is -4.02. The minimum Gasteiger partial charge on any atom is -0.465 e. The second-order valence-electron chi connectivity index (χ2n) is 7.38. The third-order valence-electron chi connectivity index (χ3n) is 4.91. The lowest BCUT2D eigenvalue weighted by Crippen LogP contribution is -2.29. The zero-order valence-electron chi connectivity index (χ0n) is 19.2. The van der Waals surface area contributed by atoms with Crippen LogP contribution in [-0.2, 0) is 27.4 Å². The molecule has 1 aliphatic rings. The summed E-state index contributed by atoms with van der Waals surface area (Å²) in [7, 11) is 1.30. The van der Waals surface area contributed by atoms with Gasteiger partial charge in [0.15, 0.2) is 5.17 Å². The summed E-state index contributed by atoms with van der Waals surface area (Å²) in [6.07, 6.45) is 8.00. The predicted octanol–water partition coefficient (Wildman–Crippen LogP) is 3.84. The highest BCUT2D eigenvalue weighted by molar-refractivity contribution is 8.18. The van der Waals surface area contributed by atoms with Crippen LogP contribution in [0.2, 0.25) is 0 Å². The number of aliphatic imine (C=N–C) groups is 1. The maximum atomic E-state index is 13.2. The Morgan fingerprint density at radius 1 is 1.06 bits per heavy atom. The number of thioether (sulfide) groups is 1.